The molecule has 0 saturated heterocycles. The highest BCUT2D eigenvalue weighted by Gasteiger charge is 2.23. The van der Waals surface area contributed by atoms with Crippen molar-refractivity contribution in [1.82, 2.24) is 4.90 Å². The molecule has 0 fully saturated rings. The summed E-state index contributed by atoms with van der Waals surface area (Å²) in [5.41, 5.74) is 3.76. The summed E-state index contributed by atoms with van der Waals surface area (Å²) in [7, 11) is 0. The quantitative estimate of drug-likeness (QED) is 0.873. The Labute approximate surface area is 103 Å². The molecule has 17 heavy (non-hydrogen) atoms. The van der Waals surface area contributed by atoms with Crippen LogP contribution >= 0.6 is 0 Å². The molecule has 0 radical (unpaired) electrons. The third kappa shape index (κ3) is 2.45. The van der Waals surface area contributed by atoms with Crippen LogP contribution in [0, 0.1) is 6.92 Å². The number of hydrogen-bond acceptors (Lipinski definition) is 3. The maximum Gasteiger partial charge on any atom is 0.144 e. The lowest BCUT2D eigenvalue weighted by atomic mass is 9.99. The molecule has 1 aromatic rings. The van der Waals surface area contributed by atoms with Gasteiger partial charge in [-0.3, -0.25) is 0 Å². The lowest BCUT2D eigenvalue weighted by Gasteiger charge is -2.33. The average Bonchev–Trinajstić information content (AvgIpc) is 2.32. The minimum absolute atomic E-state index is 0.461. The van der Waals surface area contributed by atoms with Gasteiger partial charge in [0.2, 0.25) is 0 Å². The Morgan fingerprint density at radius 1 is 1.47 bits per heavy atom. The SMILES string of the molecule is CCCc1ccc(C)c2c1OCN(C(C)O)C2. The van der Waals surface area contributed by atoms with Gasteiger partial charge in [-0.1, -0.05) is 25.5 Å². The van der Waals surface area contributed by atoms with E-state index in [1.807, 2.05) is 4.90 Å². The van der Waals surface area contributed by atoms with Gasteiger partial charge in [-0.2, -0.15) is 0 Å². The van der Waals surface area contributed by atoms with Gasteiger partial charge in [0.25, 0.3) is 0 Å². The zero-order chi connectivity index (χ0) is 12.4. The summed E-state index contributed by atoms with van der Waals surface area (Å²) in [6, 6.07) is 4.31. The Balaban J connectivity index is 2.33. The molecule has 1 aromatic carbocycles. The Morgan fingerprint density at radius 2 is 2.24 bits per heavy atom. The van der Waals surface area contributed by atoms with Crippen molar-refractivity contribution in [1.29, 1.82) is 0 Å². The van der Waals surface area contributed by atoms with E-state index in [2.05, 4.69) is 26.0 Å². The Morgan fingerprint density at radius 3 is 2.88 bits per heavy atom. The summed E-state index contributed by atoms with van der Waals surface area (Å²) < 4.78 is 5.83. The Bertz CT molecular complexity index is 401. The van der Waals surface area contributed by atoms with Crippen LogP contribution in [0.4, 0.5) is 0 Å². The monoisotopic (exact) mass is 235 g/mol. The predicted molar refractivity (Wildman–Crippen MR) is 67.9 cm³/mol. The highest BCUT2D eigenvalue weighted by molar-refractivity contribution is 5.47. The largest absolute Gasteiger partial charge is 0.477 e. The first-order valence-electron chi connectivity index (χ1n) is 6.29. The molecule has 0 bridgehead atoms. The number of ether oxygens (including phenoxy) is 1. The van der Waals surface area contributed by atoms with Gasteiger partial charge in [0, 0.05) is 12.1 Å². The van der Waals surface area contributed by atoms with Gasteiger partial charge in [0.15, 0.2) is 0 Å². The summed E-state index contributed by atoms with van der Waals surface area (Å²) >= 11 is 0. The van der Waals surface area contributed by atoms with Gasteiger partial charge in [-0.25, -0.2) is 4.90 Å². The predicted octanol–water partition coefficient (Wildman–Crippen LogP) is 2.44. The van der Waals surface area contributed by atoms with Crippen molar-refractivity contribution >= 4 is 0 Å². The van der Waals surface area contributed by atoms with E-state index >= 15 is 0 Å². The van der Waals surface area contributed by atoms with Crippen molar-refractivity contribution in [3.63, 3.8) is 0 Å². The zero-order valence-corrected chi connectivity index (χ0v) is 10.9. The van der Waals surface area contributed by atoms with Crippen LogP contribution in [0.25, 0.3) is 0 Å². The fraction of sp³-hybridized carbons (Fsp3) is 0.571. The minimum atomic E-state index is -0.461. The molecule has 3 nitrogen and oxygen atoms in total. The lowest BCUT2D eigenvalue weighted by molar-refractivity contribution is -0.0434. The molecule has 0 amide bonds. The second-order valence-electron chi connectivity index (χ2n) is 4.75. The summed E-state index contributed by atoms with van der Waals surface area (Å²) in [6.45, 7) is 7.31. The Hall–Kier alpha value is -1.06. The van der Waals surface area contributed by atoms with Crippen LogP contribution in [0.15, 0.2) is 12.1 Å². The van der Waals surface area contributed by atoms with Crippen LogP contribution in [0.2, 0.25) is 0 Å². The van der Waals surface area contributed by atoms with E-state index in [1.165, 1.54) is 16.7 Å². The zero-order valence-electron chi connectivity index (χ0n) is 10.9. The molecule has 1 aliphatic heterocycles. The summed E-state index contributed by atoms with van der Waals surface area (Å²) in [5, 5.41) is 9.61. The average molecular weight is 235 g/mol. The van der Waals surface area contributed by atoms with Crippen LogP contribution in [0.5, 0.6) is 5.75 Å². The number of aryl methyl sites for hydroxylation is 2. The maximum atomic E-state index is 9.61. The number of benzene rings is 1. The van der Waals surface area contributed by atoms with E-state index in [9.17, 15) is 5.11 Å². The number of nitrogens with zero attached hydrogens (tertiary/aromatic N) is 1. The first kappa shape index (κ1) is 12.4. The molecule has 1 heterocycles. The maximum absolute atomic E-state index is 9.61. The second kappa shape index (κ2) is 5.07. The Kier molecular flexibility index (Phi) is 3.69. The van der Waals surface area contributed by atoms with Crippen molar-refractivity contribution < 1.29 is 9.84 Å². The van der Waals surface area contributed by atoms with Gasteiger partial charge in [-0.05, 0) is 31.4 Å². The molecular formula is C14H21NO2. The van der Waals surface area contributed by atoms with E-state index in [0.29, 0.717) is 6.73 Å². The molecule has 3 heteroatoms. The molecular weight excluding hydrogens is 214 g/mol. The molecule has 0 saturated carbocycles. The molecule has 1 aliphatic rings. The van der Waals surface area contributed by atoms with Gasteiger partial charge in [0.05, 0.1) is 0 Å². The molecule has 94 valence electrons. The summed E-state index contributed by atoms with van der Waals surface area (Å²) in [5.74, 6) is 1.05. The molecule has 0 aliphatic carbocycles. The van der Waals surface area contributed by atoms with Crippen molar-refractivity contribution in [3.05, 3.63) is 28.8 Å². The first-order valence-corrected chi connectivity index (χ1v) is 6.29. The standard InChI is InChI=1S/C14H21NO2/c1-4-5-12-7-6-10(2)13-8-15(11(3)16)9-17-14(12)13/h6-7,11,16H,4-5,8-9H2,1-3H3. The fourth-order valence-electron chi connectivity index (χ4n) is 2.25. The second-order valence-corrected chi connectivity index (χ2v) is 4.75. The van der Waals surface area contributed by atoms with Gasteiger partial charge < -0.3 is 9.84 Å². The highest BCUT2D eigenvalue weighted by atomic mass is 16.5. The third-order valence-electron chi connectivity index (χ3n) is 3.36. The van der Waals surface area contributed by atoms with E-state index in [-0.39, 0.29) is 0 Å². The summed E-state index contributed by atoms with van der Waals surface area (Å²) in [4.78, 5) is 1.92. The van der Waals surface area contributed by atoms with E-state index < -0.39 is 6.23 Å². The number of rotatable bonds is 3. The van der Waals surface area contributed by atoms with Crippen molar-refractivity contribution in [2.45, 2.75) is 46.4 Å². The van der Waals surface area contributed by atoms with E-state index in [1.54, 1.807) is 6.92 Å². The van der Waals surface area contributed by atoms with Crippen LogP contribution < -0.4 is 4.74 Å². The van der Waals surface area contributed by atoms with Crippen LogP contribution in [-0.2, 0) is 13.0 Å². The van der Waals surface area contributed by atoms with Crippen molar-refractivity contribution in [2.24, 2.45) is 0 Å². The third-order valence-corrected chi connectivity index (χ3v) is 3.36. The molecule has 1 unspecified atom stereocenters. The van der Waals surface area contributed by atoms with Gasteiger partial charge >= 0.3 is 0 Å². The molecule has 0 spiro atoms. The highest BCUT2D eigenvalue weighted by Crippen LogP contribution is 2.32. The smallest absolute Gasteiger partial charge is 0.144 e. The number of fused-ring (bicyclic) bond motifs is 1. The molecule has 1 atom stereocenters. The summed E-state index contributed by atoms with van der Waals surface area (Å²) in [6.07, 6.45) is 1.72. The molecule has 1 N–H and O–H groups in total. The van der Waals surface area contributed by atoms with Gasteiger partial charge in [0.1, 0.15) is 18.7 Å². The van der Waals surface area contributed by atoms with Crippen molar-refractivity contribution in [2.75, 3.05) is 6.73 Å². The fourth-order valence-corrected chi connectivity index (χ4v) is 2.25. The van der Waals surface area contributed by atoms with E-state index in [4.69, 9.17) is 4.74 Å². The van der Waals surface area contributed by atoms with Crippen LogP contribution in [0.3, 0.4) is 0 Å². The molecule has 0 aromatic heterocycles. The van der Waals surface area contributed by atoms with Gasteiger partial charge in [-0.15, -0.1) is 0 Å². The molecule has 2 rings (SSSR count). The number of hydrogen-bond donors (Lipinski definition) is 1. The van der Waals surface area contributed by atoms with Crippen molar-refractivity contribution in [3.8, 4) is 5.75 Å². The number of aliphatic hydroxyl groups excluding tert-OH is 1. The first-order chi connectivity index (χ1) is 8.13. The normalized spacial score (nSPS) is 17.4. The lowest BCUT2D eigenvalue weighted by Crippen LogP contribution is -2.39. The topological polar surface area (TPSA) is 32.7 Å². The minimum Gasteiger partial charge on any atom is -0.477 e. The van der Waals surface area contributed by atoms with E-state index in [0.717, 1.165) is 25.1 Å². The van der Waals surface area contributed by atoms with Crippen LogP contribution in [0.1, 0.15) is 37.0 Å². The van der Waals surface area contributed by atoms with Crippen LogP contribution in [-0.4, -0.2) is 23.0 Å². The number of aliphatic hydroxyl groups is 1.